The molecular weight excluding hydrogens is 460 g/mol. The Bertz CT molecular complexity index is 1150. The fourth-order valence-corrected chi connectivity index (χ4v) is 7.59. The van der Waals surface area contributed by atoms with Crippen LogP contribution in [-0.2, 0) is 21.2 Å². The van der Waals surface area contributed by atoms with E-state index in [-0.39, 0.29) is 10.8 Å². The summed E-state index contributed by atoms with van der Waals surface area (Å²) in [7, 11) is -3.78. The second-order valence-electron chi connectivity index (χ2n) is 11.2. The average molecular weight is 499 g/mol. The molecule has 1 saturated carbocycles. The highest BCUT2D eigenvalue weighted by Crippen LogP contribution is 2.51. The van der Waals surface area contributed by atoms with Gasteiger partial charge in [-0.2, -0.15) is 0 Å². The van der Waals surface area contributed by atoms with Gasteiger partial charge in [-0.3, -0.25) is 4.31 Å². The van der Waals surface area contributed by atoms with Crippen molar-refractivity contribution in [2.24, 2.45) is 17.3 Å². The number of aliphatic hydroxyl groups excluding tert-OH is 1. The molecule has 1 N–H and O–H groups in total. The first-order valence-corrected chi connectivity index (χ1v) is 14.4. The van der Waals surface area contributed by atoms with Crippen molar-refractivity contribution in [3.63, 3.8) is 0 Å². The largest absolute Gasteiger partial charge is 0.388 e. The summed E-state index contributed by atoms with van der Waals surface area (Å²) in [6.45, 7) is 10.1. The fraction of sp³-hybridized carbons (Fsp3) is 0.571. The SMILES string of the molecule is CCc1ccc(N(CC(C)C)S(=O)(=O)c2ccc3c(c2)C(O)CCN3CC2CC3(COC3)C2)cc1. The topological polar surface area (TPSA) is 70.1 Å². The van der Waals surface area contributed by atoms with Gasteiger partial charge in [0.05, 0.1) is 29.9 Å². The highest BCUT2D eigenvalue weighted by atomic mass is 32.2. The molecule has 2 aromatic rings. The molecule has 1 saturated heterocycles. The lowest BCUT2D eigenvalue weighted by Crippen LogP contribution is -2.54. The van der Waals surface area contributed by atoms with Crippen LogP contribution in [0.3, 0.4) is 0 Å². The Balaban J connectivity index is 1.41. The molecule has 2 heterocycles. The number of rotatable bonds is 8. The number of fused-ring (bicyclic) bond motifs is 1. The van der Waals surface area contributed by atoms with Gasteiger partial charge in [0.25, 0.3) is 10.0 Å². The van der Waals surface area contributed by atoms with Crippen LogP contribution in [0.4, 0.5) is 11.4 Å². The van der Waals surface area contributed by atoms with Gasteiger partial charge >= 0.3 is 0 Å². The monoisotopic (exact) mass is 498 g/mol. The lowest BCUT2D eigenvalue weighted by molar-refractivity contribution is -0.177. The Morgan fingerprint density at radius 1 is 1.14 bits per heavy atom. The van der Waals surface area contributed by atoms with E-state index >= 15 is 0 Å². The van der Waals surface area contributed by atoms with Gasteiger partial charge in [-0.15, -0.1) is 0 Å². The summed E-state index contributed by atoms with van der Waals surface area (Å²) >= 11 is 0. The van der Waals surface area contributed by atoms with Crippen LogP contribution in [0.25, 0.3) is 0 Å². The maximum Gasteiger partial charge on any atom is 0.264 e. The molecule has 2 fully saturated rings. The first-order chi connectivity index (χ1) is 16.7. The third kappa shape index (κ3) is 4.70. The molecular formula is C28H38N2O4S. The van der Waals surface area contributed by atoms with Gasteiger partial charge in [0.2, 0.25) is 0 Å². The summed E-state index contributed by atoms with van der Waals surface area (Å²) in [4.78, 5) is 2.58. The molecule has 0 amide bonds. The number of hydrogen-bond acceptors (Lipinski definition) is 5. The van der Waals surface area contributed by atoms with E-state index in [1.807, 2.05) is 44.2 Å². The maximum atomic E-state index is 13.9. The summed E-state index contributed by atoms with van der Waals surface area (Å²) < 4.78 is 34.6. The van der Waals surface area contributed by atoms with E-state index in [0.29, 0.717) is 30.0 Å². The molecule has 2 aliphatic heterocycles. The molecule has 6 nitrogen and oxygen atoms in total. The van der Waals surface area contributed by atoms with E-state index in [1.165, 1.54) is 22.7 Å². The second kappa shape index (κ2) is 9.41. The molecule has 5 rings (SSSR count). The Morgan fingerprint density at radius 3 is 2.46 bits per heavy atom. The van der Waals surface area contributed by atoms with Crippen molar-refractivity contribution < 1.29 is 18.3 Å². The molecule has 3 aliphatic rings. The Kier molecular flexibility index (Phi) is 6.62. The lowest BCUT2D eigenvalue weighted by atomic mass is 9.60. The summed E-state index contributed by atoms with van der Waals surface area (Å²) in [6.07, 6.45) is 3.29. The van der Waals surface area contributed by atoms with Crippen LogP contribution in [-0.4, -0.2) is 46.4 Å². The molecule has 1 spiro atoms. The van der Waals surface area contributed by atoms with Crippen molar-refractivity contribution in [2.45, 2.75) is 57.5 Å². The summed E-state index contributed by atoms with van der Waals surface area (Å²) in [5, 5.41) is 10.8. The molecule has 0 radical (unpaired) electrons. The molecule has 2 aromatic carbocycles. The molecule has 7 heteroatoms. The molecule has 1 unspecified atom stereocenters. The number of ether oxygens (including phenoxy) is 1. The third-order valence-electron chi connectivity index (χ3n) is 7.86. The van der Waals surface area contributed by atoms with Crippen molar-refractivity contribution >= 4 is 21.4 Å². The quantitative estimate of drug-likeness (QED) is 0.568. The number of benzene rings is 2. The van der Waals surface area contributed by atoms with E-state index in [2.05, 4.69) is 11.8 Å². The highest BCUT2D eigenvalue weighted by molar-refractivity contribution is 7.92. The summed E-state index contributed by atoms with van der Waals surface area (Å²) in [6, 6.07) is 13.1. The van der Waals surface area contributed by atoms with Crippen LogP contribution in [0.1, 0.15) is 57.3 Å². The molecule has 1 atom stereocenters. The smallest absolute Gasteiger partial charge is 0.264 e. The Labute approximate surface area is 209 Å². The summed E-state index contributed by atoms with van der Waals surface area (Å²) in [5.41, 5.74) is 3.97. The van der Waals surface area contributed by atoms with Crippen LogP contribution in [0.2, 0.25) is 0 Å². The average Bonchev–Trinajstić information content (AvgIpc) is 2.79. The van der Waals surface area contributed by atoms with Gasteiger partial charge in [-0.1, -0.05) is 32.9 Å². The van der Waals surface area contributed by atoms with Crippen molar-refractivity contribution in [2.75, 3.05) is 42.1 Å². The molecule has 0 aromatic heterocycles. The predicted octanol–water partition coefficient (Wildman–Crippen LogP) is 4.77. The molecule has 0 bridgehead atoms. The van der Waals surface area contributed by atoms with Gasteiger partial charge in [-0.05, 0) is 73.4 Å². The first-order valence-electron chi connectivity index (χ1n) is 13.0. The number of nitrogens with zero attached hydrogens (tertiary/aromatic N) is 2. The van der Waals surface area contributed by atoms with Crippen LogP contribution >= 0.6 is 0 Å². The number of hydrogen-bond donors (Lipinski definition) is 1. The van der Waals surface area contributed by atoms with Crippen molar-refractivity contribution in [3.8, 4) is 0 Å². The minimum absolute atomic E-state index is 0.168. The van der Waals surface area contributed by atoms with Gasteiger partial charge in [0.1, 0.15) is 0 Å². The number of aliphatic hydroxyl groups is 1. The normalized spacial score (nSPS) is 21.5. The second-order valence-corrected chi connectivity index (χ2v) is 13.1. The highest BCUT2D eigenvalue weighted by Gasteiger charge is 2.50. The Hall–Kier alpha value is -2.09. The number of aryl methyl sites for hydroxylation is 1. The third-order valence-corrected chi connectivity index (χ3v) is 9.65. The van der Waals surface area contributed by atoms with E-state index in [0.717, 1.165) is 44.0 Å². The maximum absolute atomic E-state index is 13.9. The van der Waals surface area contributed by atoms with Crippen molar-refractivity contribution in [1.82, 2.24) is 0 Å². The van der Waals surface area contributed by atoms with E-state index in [1.54, 1.807) is 12.1 Å². The molecule has 190 valence electrons. The first kappa shape index (κ1) is 24.6. The van der Waals surface area contributed by atoms with Gasteiger partial charge in [0.15, 0.2) is 0 Å². The number of anilines is 2. The van der Waals surface area contributed by atoms with Gasteiger partial charge in [-0.25, -0.2) is 8.42 Å². The standard InChI is InChI=1S/C28H38N2O4S/c1-4-21-5-7-23(8-6-21)30(16-20(2)3)35(32,33)24-9-10-26-25(13-24)27(31)11-12-29(26)17-22-14-28(15-22)18-34-19-28/h5-10,13,20,22,27,31H,4,11-12,14-19H2,1-3H3. The molecule has 1 aliphatic carbocycles. The van der Waals surface area contributed by atoms with Gasteiger partial charge in [0, 0.05) is 36.3 Å². The minimum Gasteiger partial charge on any atom is -0.388 e. The zero-order valence-corrected chi connectivity index (χ0v) is 21.9. The van der Waals surface area contributed by atoms with Crippen LogP contribution in [0, 0.1) is 17.3 Å². The van der Waals surface area contributed by atoms with Crippen LogP contribution in [0.15, 0.2) is 47.4 Å². The number of sulfonamides is 1. The van der Waals surface area contributed by atoms with Crippen molar-refractivity contribution in [1.29, 1.82) is 0 Å². The van der Waals surface area contributed by atoms with E-state index in [9.17, 15) is 13.5 Å². The van der Waals surface area contributed by atoms with E-state index in [4.69, 9.17) is 4.74 Å². The Morgan fingerprint density at radius 2 is 1.86 bits per heavy atom. The lowest BCUT2D eigenvalue weighted by Gasteiger charge is -2.54. The van der Waals surface area contributed by atoms with Crippen LogP contribution < -0.4 is 9.21 Å². The predicted molar refractivity (Wildman–Crippen MR) is 139 cm³/mol. The zero-order chi connectivity index (χ0) is 24.8. The van der Waals surface area contributed by atoms with E-state index < -0.39 is 16.1 Å². The molecule has 35 heavy (non-hydrogen) atoms. The fourth-order valence-electron chi connectivity index (χ4n) is 5.92. The van der Waals surface area contributed by atoms with Gasteiger partial charge < -0.3 is 14.7 Å². The summed E-state index contributed by atoms with van der Waals surface area (Å²) in [5.74, 6) is 0.805. The van der Waals surface area contributed by atoms with Crippen LogP contribution in [0.5, 0.6) is 0 Å². The zero-order valence-electron chi connectivity index (χ0n) is 21.1. The minimum atomic E-state index is -3.78. The van der Waals surface area contributed by atoms with Crippen molar-refractivity contribution in [3.05, 3.63) is 53.6 Å².